The lowest BCUT2D eigenvalue weighted by molar-refractivity contribution is -0.145. The lowest BCUT2D eigenvalue weighted by Gasteiger charge is -2.09. The summed E-state index contributed by atoms with van der Waals surface area (Å²) in [6.45, 7) is 1.47. The molecule has 1 aromatic heterocycles. The second kappa shape index (κ2) is 10.0. The Balaban J connectivity index is 1.68. The maximum absolute atomic E-state index is 12.6. The molecule has 3 rings (SSSR count). The van der Waals surface area contributed by atoms with Gasteiger partial charge in [-0.05, 0) is 42.8 Å². The van der Waals surface area contributed by atoms with Gasteiger partial charge in [0.05, 0.1) is 25.3 Å². The first-order valence-corrected chi connectivity index (χ1v) is 9.79. The van der Waals surface area contributed by atoms with Crippen LogP contribution in [0.1, 0.15) is 28.8 Å². The van der Waals surface area contributed by atoms with Crippen LogP contribution < -0.4 is 10.1 Å². The van der Waals surface area contributed by atoms with Gasteiger partial charge in [0.25, 0.3) is 5.91 Å². The van der Waals surface area contributed by atoms with E-state index in [0.29, 0.717) is 5.56 Å². The van der Waals surface area contributed by atoms with Gasteiger partial charge in [-0.15, -0.1) is 0 Å². The number of methoxy groups -OCH3 is 1. The zero-order valence-corrected chi connectivity index (χ0v) is 17.9. The molecule has 10 nitrogen and oxygen atoms in total. The number of carbonyl (C=O) groups is 4. The average Bonchev–Trinajstić information content (AvgIpc) is 3.33. The Labute approximate surface area is 187 Å². The molecule has 1 fully saturated rings. The van der Waals surface area contributed by atoms with Crippen LogP contribution in [0, 0.1) is 0 Å². The van der Waals surface area contributed by atoms with Crippen LogP contribution in [-0.2, 0) is 25.6 Å². The van der Waals surface area contributed by atoms with E-state index in [-0.39, 0.29) is 47.7 Å². The number of rotatable bonds is 8. The number of hydrogen-bond donors (Lipinski definition) is 1. The highest BCUT2D eigenvalue weighted by molar-refractivity contribution is 6.32. The number of imide groups is 1. The number of ether oxygens (including phenoxy) is 3. The second-order valence-corrected chi connectivity index (χ2v) is 6.83. The van der Waals surface area contributed by atoms with E-state index in [0.717, 1.165) is 4.90 Å². The summed E-state index contributed by atoms with van der Waals surface area (Å²) in [6.07, 6.45) is 1.45. The van der Waals surface area contributed by atoms with Crippen molar-refractivity contribution in [2.24, 2.45) is 0 Å². The highest BCUT2D eigenvalue weighted by Gasteiger charge is 2.34. The smallest absolute Gasteiger partial charge is 0.373 e. The van der Waals surface area contributed by atoms with Gasteiger partial charge in [-0.25, -0.2) is 14.4 Å². The fraction of sp³-hybridized carbons (Fsp3) is 0.238. The van der Waals surface area contributed by atoms with Crippen LogP contribution in [-0.4, -0.2) is 49.1 Å². The molecule has 1 saturated heterocycles. The molecule has 0 aliphatic carbocycles. The Bertz CT molecular complexity index is 1090. The number of nitrogens with one attached hydrogen (secondary N) is 1. The Morgan fingerprint density at radius 2 is 2.00 bits per heavy atom. The number of carbonyl (C=O) groups excluding carboxylic acids is 4. The van der Waals surface area contributed by atoms with Crippen LogP contribution >= 0.6 is 11.6 Å². The highest BCUT2D eigenvalue weighted by Crippen LogP contribution is 2.27. The van der Waals surface area contributed by atoms with Crippen LogP contribution in [0.5, 0.6) is 5.75 Å². The minimum atomic E-state index is -0.666. The molecular weight excluding hydrogens is 444 g/mol. The van der Waals surface area contributed by atoms with Gasteiger partial charge in [0, 0.05) is 0 Å². The van der Waals surface area contributed by atoms with Crippen molar-refractivity contribution in [1.29, 1.82) is 0 Å². The molecule has 1 aromatic carbocycles. The summed E-state index contributed by atoms with van der Waals surface area (Å²) in [5.74, 6) is -1.30. The minimum absolute atomic E-state index is 0.0333. The highest BCUT2D eigenvalue weighted by atomic mass is 35.5. The molecule has 11 heteroatoms. The van der Waals surface area contributed by atoms with E-state index in [1.165, 1.54) is 37.5 Å². The first kappa shape index (κ1) is 22.9. The number of halogens is 1. The van der Waals surface area contributed by atoms with Crippen LogP contribution in [0.15, 0.2) is 40.4 Å². The third-order valence-electron chi connectivity index (χ3n) is 4.24. The first-order valence-electron chi connectivity index (χ1n) is 9.42. The Morgan fingerprint density at radius 3 is 2.69 bits per heavy atom. The van der Waals surface area contributed by atoms with Crippen LogP contribution in [0.4, 0.5) is 4.79 Å². The van der Waals surface area contributed by atoms with Gasteiger partial charge in [0.15, 0.2) is 6.61 Å². The summed E-state index contributed by atoms with van der Waals surface area (Å²) in [5, 5.41) is 2.69. The van der Waals surface area contributed by atoms with E-state index in [1.807, 2.05) is 0 Å². The maximum atomic E-state index is 12.6. The van der Waals surface area contributed by atoms with E-state index in [9.17, 15) is 19.2 Å². The van der Waals surface area contributed by atoms with Crippen molar-refractivity contribution in [1.82, 2.24) is 10.2 Å². The Morgan fingerprint density at radius 1 is 1.22 bits per heavy atom. The zero-order valence-electron chi connectivity index (χ0n) is 17.2. The molecule has 1 aliphatic rings. The number of esters is 2. The van der Waals surface area contributed by atoms with Crippen molar-refractivity contribution in [3.05, 3.63) is 58.1 Å². The Hall–Kier alpha value is -3.79. The fourth-order valence-electron chi connectivity index (χ4n) is 2.77. The topological polar surface area (TPSA) is 124 Å². The maximum Gasteiger partial charge on any atom is 0.373 e. The molecule has 3 amide bonds. The molecule has 0 bridgehead atoms. The molecule has 2 heterocycles. The van der Waals surface area contributed by atoms with Crippen molar-refractivity contribution in [3.63, 3.8) is 0 Å². The second-order valence-electron chi connectivity index (χ2n) is 6.42. The van der Waals surface area contributed by atoms with Gasteiger partial charge < -0.3 is 23.9 Å². The first-order chi connectivity index (χ1) is 15.3. The summed E-state index contributed by atoms with van der Waals surface area (Å²) < 4.78 is 19.9. The minimum Gasteiger partial charge on any atom is -0.480 e. The molecule has 2 aromatic rings. The average molecular weight is 463 g/mol. The molecule has 168 valence electrons. The Kier molecular flexibility index (Phi) is 7.16. The summed E-state index contributed by atoms with van der Waals surface area (Å²) in [5.41, 5.74) is 0.556. The molecule has 0 atom stereocenters. The van der Waals surface area contributed by atoms with Gasteiger partial charge in [-0.3, -0.25) is 9.69 Å². The molecular formula is C21H19ClN2O8. The SMILES string of the molecule is CCOC(=O)COc1ccc(C=C2NC(=O)N(Cc3ccc(C(=O)OC)o3)C2=O)cc1Cl. The number of hydrogen-bond acceptors (Lipinski definition) is 8. The van der Waals surface area contributed by atoms with Gasteiger partial charge in [-0.1, -0.05) is 17.7 Å². The van der Waals surface area contributed by atoms with Gasteiger partial charge >= 0.3 is 18.0 Å². The van der Waals surface area contributed by atoms with Gasteiger partial charge in [0.2, 0.25) is 5.76 Å². The molecule has 0 radical (unpaired) electrons. The van der Waals surface area contributed by atoms with E-state index in [4.69, 9.17) is 25.5 Å². The summed E-state index contributed by atoms with van der Waals surface area (Å²) in [6, 6.07) is 6.89. The van der Waals surface area contributed by atoms with E-state index < -0.39 is 23.9 Å². The summed E-state index contributed by atoms with van der Waals surface area (Å²) in [7, 11) is 1.21. The van der Waals surface area contributed by atoms with Crippen molar-refractivity contribution in [3.8, 4) is 5.75 Å². The van der Waals surface area contributed by atoms with Crippen molar-refractivity contribution >= 4 is 41.6 Å². The lowest BCUT2D eigenvalue weighted by Crippen LogP contribution is -2.30. The number of nitrogens with zero attached hydrogens (tertiary/aromatic N) is 1. The van der Waals surface area contributed by atoms with E-state index >= 15 is 0 Å². The van der Waals surface area contributed by atoms with Crippen molar-refractivity contribution < 1.29 is 37.8 Å². The monoisotopic (exact) mass is 462 g/mol. The van der Waals surface area contributed by atoms with E-state index in [2.05, 4.69) is 10.1 Å². The normalized spacial score (nSPS) is 14.5. The number of furan rings is 1. The molecule has 1 N–H and O–H groups in total. The summed E-state index contributed by atoms with van der Waals surface area (Å²) >= 11 is 6.18. The molecule has 0 spiro atoms. The number of urea groups is 1. The van der Waals surface area contributed by atoms with Crippen molar-refractivity contribution in [2.45, 2.75) is 13.5 Å². The molecule has 32 heavy (non-hydrogen) atoms. The predicted molar refractivity (Wildman–Crippen MR) is 111 cm³/mol. The third-order valence-corrected chi connectivity index (χ3v) is 4.54. The lowest BCUT2D eigenvalue weighted by atomic mass is 10.2. The predicted octanol–water partition coefficient (Wildman–Crippen LogP) is 2.75. The molecule has 0 saturated carbocycles. The molecule has 1 aliphatic heterocycles. The number of amides is 3. The molecule has 0 unspecified atom stereocenters. The third kappa shape index (κ3) is 5.27. The van der Waals surface area contributed by atoms with E-state index in [1.54, 1.807) is 13.0 Å². The zero-order chi connectivity index (χ0) is 23.3. The number of benzene rings is 1. The van der Waals surface area contributed by atoms with Crippen LogP contribution in [0.25, 0.3) is 6.08 Å². The van der Waals surface area contributed by atoms with Crippen molar-refractivity contribution in [2.75, 3.05) is 20.3 Å². The van der Waals surface area contributed by atoms with Crippen LogP contribution in [0.3, 0.4) is 0 Å². The standard InChI is InChI=1S/C21H19ClN2O8/c1-3-30-18(25)11-31-16-6-4-12(8-14(16)22)9-15-19(26)24(21(28)23-15)10-13-5-7-17(32-13)20(27)29-2/h4-9H,3,10-11H2,1-2H3,(H,23,28). The summed E-state index contributed by atoms with van der Waals surface area (Å²) in [4.78, 5) is 48.7. The van der Waals surface area contributed by atoms with Gasteiger partial charge in [-0.2, -0.15) is 0 Å². The van der Waals surface area contributed by atoms with Crippen LogP contribution in [0.2, 0.25) is 5.02 Å². The fourth-order valence-corrected chi connectivity index (χ4v) is 3.02. The van der Waals surface area contributed by atoms with Gasteiger partial charge in [0.1, 0.15) is 17.2 Å². The quantitative estimate of drug-likeness (QED) is 0.360. The largest absolute Gasteiger partial charge is 0.480 e.